The minimum absolute atomic E-state index is 0.0678. The lowest BCUT2D eigenvalue weighted by Crippen LogP contribution is -2.67. The van der Waals surface area contributed by atoms with Gasteiger partial charge in [0.2, 0.25) is 11.8 Å². The van der Waals surface area contributed by atoms with Gasteiger partial charge in [-0.05, 0) is 39.7 Å². The Labute approximate surface area is 153 Å². The molecule has 0 spiro atoms. The van der Waals surface area contributed by atoms with E-state index in [0.717, 1.165) is 11.0 Å². The van der Waals surface area contributed by atoms with Crippen LogP contribution in [0.2, 0.25) is 0 Å². The largest absolute Gasteiger partial charge is 0.475 e. The van der Waals surface area contributed by atoms with E-state index in [2.05, 4.69) is 0 Å². The summed E-state index contributed by atoms with van der Waals surface area (Å²) in [5, 5.41) is 0. The highest BCUT2D eigenvalue weighted by Gasteiger charge is 2.59. The summed E-state index contributed by atoms with van der Waals surface area (Å²) in [5.74, 6) is -3.55. The highest BCUT2D eigenvalue weighted by atomic mass is 35.5. The normalized spacial score (nSPS) is 22.9. The fourth-order valence-corrected chi connectivity index (χ4v) is 2.86. The van der Waals surface area contributed by atoms with Crippen molar-refractivity contribution in [3.63, 3.8) is 0 Å². The molecule has 0 bridgehead atoms. The summed E-state index contributed by atoms with van der Waals surface area (Å²) >= 11 is 6.15. The predicted molar refractivity (Wildman–Crippen MR) is 87.1 cm³/mol. The van der Waals surface area contributed by atoms with Crippen molar-refractivity contribution >= 4 is 35.5 Å². The molecule has 0 saturated heterocycles. The van der Waals surface area contributed by atoms with E-state index in [-0.39, 0.29) is 17.3 Å². The molecule has 1 aromatic rings. The van der Waals surface area contributed by atoms with E-state index < -0.39 is 39.4 Å². The van der Waals surface area contributed by atoms with E-state index >= 15 is 0 Å². The summed E-state index contributed by atoms with van der Waals surface area (Å²) in [5.41, 5.74) is 0.754. The summed E-state index contributed by atoms with van der Waals surface area (Å²) in [6.45, 7) is 4.78. The van der Waals surface area contributed by atoms with Gasteiger partial charge in [0, 0.05) is 16.2 Å². The number of hydrogen-bond donors (Lipinski definition) is 1. The van der Waals surface area contributed by atoms with E-state index in [9.17, 15) is 23.2 Å². The van der Waals surface area contributed by atoms with Crippen LogP contribution in [-0.4, -0.2) is 33.8 Å². The summed E-state index contributed by atoms with van der Waals surface area (Å²) in [7, 11) is 0. The van der Waals surface area contributed by atoms with Crippen LogP contribution in [0.15, 0.2) is 12.1 Å². The number of rotatable bonds is 2. The average molecular weight is 389 g/mol. The Morgan fingerprint density at radius 3 is 2.38 bits per heavy atom. The van der Waals surface area contributed by atoms with Gasteiger partial charge in [0.25, 0.3) is 0 Å². The smallest absolute Gasteiger partial charge is 0.441 e. The molecule has 0 aromatic heterocycles. The molecule has 1 heterocycles. The monoisotopic (exact) mass is 388 g/mol. The Balaban J connectivity index is 2.04. The molecule has 2 aliphatic rings. The van der Waals surface area contributed by atoms with Crippen molar-refractivity contribution in [2.45, 2.75) is 45.3 Å². The highest BCUT2D eigenvalue weighted by Crippen LogP contribution is 2.41. The van der Waals surface area contributed by atoms with Gasteiger partial charge in [0.05, 0.1) is 5.69 Å². The van der Waals surface area contributed by atoms with Crippen molar-refractivity contribution in [3.05, 3.63) is 29.3 Å². The van der Waals surface area contributed by atoms with E-state index in [4.69, 9.17) is 16.5 Å². The first-order valence-corrected chi connectivity index (χ1v) is 8.25. The van der Waals surface area contributed by atoms with E-state index in [1.807, 2.05) is 5.43 Å². The number of amides is 4. The molecule has 7 nitrogen and oxygen atoms in total. The number of carbonyl (C=O) groups is 3. The molecule has 1 aromatic carbocycles. The van der Waals surface area contributed by atoms with E-state index in [0.29, 0.717) is 18.9 Å². The van der Waals surface area contributed by atoms with Crippen molar-refractivity contribution in [2.75, 3.05) is 4.90 Å². The molecule has 1 aliphatic heterocycles. The van der Waals surface area contributed by atoms with Crippen molar-refractivity contribution < 1.29 is 32.0 Å². The number of nitrogens with zero attached hydrogens (tertiary/aromatic N) is 2. The predicted octanol–water partition coefficient (Wildman–Crippen LogP) is 3.62. The second-order valence-corrected chi connectivity index (χ2v) is 7.68. The van der Waals surface area contributed by atoms with Crippen molar-refractivity contribution in [3.8, 4) is 0 Å². The first-order valence-electron chi connectivity index (χ1n) is 7.92. The van der Waals surface area contributed by atoms with Crippen LogP contribution in [0.1, 0.15) is 44.0 Å². The molecule has 140 valence electrons. The molecule has 0 radical (unpaired) electrons. The first kappa shape index (κ1) is 18.5. The van der Waals surface area contributed by atoms with Gasteiger partial charge in [-0.25, -0.2) is 23.2 Å². The molecule has 1 atom stereocenters. The Morgan fingerprint density at radius 1 is 1.27 bits per heavy atom. The third kappa shape index (κ3) is 3.12. The number of anilines is 1. The number of quaternary nitrogens is 1. The summed E-state index contributed by atoms with van der Waals surface area (Å²) in [6, 6.07) is 0.160. The number of carbonyl (C=O) groups excluding carboxylic acids is 3. The Hall–Kier alpha value is -2.26. The number of urea groups is 1. The third-order valence-electron chi connectivity index (χ3n) is 3.83. The SMILES string of the molecule is CC(C)(C)OC(=O)N[N+]1(Cl)C(=O)c2cc(F)c(F)cc2N(C2CC2)C1=O. The number of benzene rings is 1. The summed E-state index contributed by atoms with van der Waals surface area (Å²) in [4.78, 5) is 38.8. The molecule has 10 heteroatoms. The minimum Gasteiger partial charge on any atom is -0.441 e. The molecule has 1 saturated carbocycles. The van der Waals surface area contributed by atoms with E-state index in [1.165, 1.54) is 0 Å². The maximum Gasteiger partial charge on any atom is 0.475 e. The highest BCUT2D eigenvalue weighted by molar-refractivity contribution is 6.26. The quantitative estimate of drug-likeness (QED) is 0.785. The molecule has 4 amide bonds. The lowest BCUT2D eigenvalue weighted by atomic mass is 10.1. The topological polar surface area (TPSA) is 75.7 Å². The zero-order valence-electron chi connectivity index (χ0n) is 14.3. The first-order chi connectivity index (χ1) is 11.9. The number of fused-ring (bicyclic) bond motifs is 1. The number of nitrogens with one attached hydrogen (secondary N) is 1. The Bertz CT molecular complexity index is 822. The van der Waals surface area contributed by atoms with Crippen molar-refractivity contribution in [1.82, 2.24) is 5.43 Å². The Kier molecular flexibility index (Phi) is 4.19. The minimum atomic E-state index is -1.68. The number of imide groups is 1. The van der Waals surface area contributed by atoms with Gasteiger partial charge in [-0.1, -0.05) is 0 Å². The van der Waals surface area contributed by atoms with E-state index in [1.54, 1.807) is 20.8 Å². The lowest BCUT2D eigenvalue weighted by molar-refractivity contribution is -0.683. The van der Waals surface area contributed by atoms with Crippen LogP contribution in [0.5, 0.6) is 0 Å². The second-order valence-electron chi connectivity index (χ2n) is 7.18. The van der Waals surface area contributed by atoms with Crippen LogP contribution in [0.3, 0.4) is 0 Å². The third-order valence-corrected chi connectivity index (χ3v) is 4.22. The molecule has 1 unspecified atom stereocenters. The molecule has 1 aliphatic carbocycles. The number of ether oxygens (including phenoxy) is 1. The molecular weight excluding hydrogens is 372 g/mol. The fourth-order valence-electron chi connectivity index (χ4n) is 2.62. The maximum atomic E-state index is 13.7. The fraction of sp³-hybridized carbons (Fsp3) is 0.438. The van der Waals surface area contributed by atoms with Gasteiger partial charge >= 0.3 is 18.0 Å². The molecule has 1 N–H and O–H groups in total. The molecule has 3 rings (SSSR count). The average Bonchev–Trinajstić information content (AvgIpc) is 3.31. The van der Waals surface area contributed by atoms with Crippen LogP contribution in [0.25, 0.3) is 0 Å². The lowest BCUT2D eigenvalue weighted by Gasteiger charge is -2.35. The number of halogens is 3. The van der Waals surface area contributed by atoms with Gasteiger partial charge in [0.1, 0.15) is 11.2 Å². The standard InChI is InChI=1S/C16H16ClF2N3O4/c1-16(2,3)26-14(24)20-22(17)13(23)9-6-10(18)11(19)7-12(9)21(15(22)25)8-4-5-8/h6-8H,4-5H2,1-3H3/p+1. The molecule has 1 fully saturated rings. The molecule has 26 heavy (non-hydrogen) atoms. The summed E-state index contributed by atoms with van der Waals surface area (Å²) in [6.07, 6.45) is 0.125. The van der Waals surface area contributed by atoms with Crippen LogP contribution in [0.4, 0.5) is 24.1 Å². The van der Waals surface area contributed by atoms with Crippen LogP contribution < -0.4 is 10.3 Å². The van der Waals surface area contributed by atoms with Crippen molar-refractivity contribution in [1.29, 1.82) is 0 Å². The van der Waals surface area contributed by atoms with Gasteiger partial charge in [0.15, 0.2) is 11.6 Å². The van der Waals surface area contributed by atoms with Gasteiger partial charge in [-0.2, -0.15) is 0 Å². The second kappa shape index (κ2) is 5.88. The summed E-state index contributed by atoms with van der Waals surface area (Å²) < 4.78 is 30.7. The Morgan fingerprint density at radius 2 is 1.85 bits per heavy atom. The van der Waals surface area contributed by atoms with Gasteiger partial charge < -0.3 is 4.74 Å². The zero-order chi connectivity index (χ0) is 19.4. The van der Waals surface area contributed by atoms with Gasteiger partial charge in [-0.3, -0.25) is 4.90 Å². The van der Waals surface area contributed by atoms with Crippen LogP contribution >= 0.6 is 11.8 Å². The van der Waals surface area contributed by atoms with Crippen LogP contribution in [0, 0.1) is 11.6 Å². The zero-order valence-corrected chi connectivity index (χ0v) is 15.1. The molecular formula is C16H17ClF2N3O4+. The van der Waals surface area contributed by atoms with Crippen LogP contribution in [-0.2, 0) is 4.74 Å². The maximum absolute atomic E-state index is 13.7. The number of hydrogen-bond acceptors (Lipinski definition) is 4. The van der Waals surface area contributed by atoms with Gasteiger partial charge in [-0.15, -0.1) is 5.43 Å². The van der Waals surface area contributed by atoms with Crippen molar-refractivity contribution in [2.24, 2.45) is 0 Å².